The Bertz CT molecular complexity index is 1210. The molecule has 1 aliphatic rings. The fraction of sp³-hybridized carbons (Fsp3) is 0.143. The minimum absolute atomic E-state index is 0.00168. The average Bonchev–Trinajstić information content (AvgIpc) is 3.00. The van der Waals surface area contributed by atoms with Gasteiger partial charge in [-0.3, -0.25) is 14.7 Å². The third-order valence-electron chi connectivity index (χ3n) is 5.82. The number of pyridine rings is 1. The Labute approximate surface area is 193 Å². The van der Waals surface area contributed by atoms with Crippen molar-refractivity contribution in [1.29, 1.82) is 0 Å². The van der Waals surface area contributed by atoms with Crippen LogP contribution in [0.4, 0.5) is 5.69 Å². The van der Waals surface area contributed by atoms with Crippen LogP contribution in [0.1, 0.15) is 28.3 Å². The molecule has 1 atom stereocenters. The van der Waals surface area contributed by atoms with Crippen molar-refractivity contribution < 1.29 is 9.53 Å². The van der Waals surface area contributed by atoms with Gasteiger partial charge < -0.3 is 10.1 Å². The molecule has 1 amide bonds. The molecule has 0 saturated carbocycles. The van der Waals surface area contributed by atoms with E-state index in [4.69, 9.17) is 4.74 Å². The van der Waals surface area contributed by atoms with Crippen LogP contribution in [0.15, 0.2) is 103 Å². The Hall–Kier alpha value is -3.96. The van der Waals surface area contributed by atoms with Gasteiger partial charge in [-0.1, -0.05) is 60.7 Å². The van der Waals surface area contributed by atoms with Crippen molar-refractivity contribution in [3.8, 4) is 5.75 Å². The largest absolute Gasteiger partial charge is 0.489 e. The summed E-state index contributed by atoms with van der Waals surface area (Å²) in [5, 5.41) is 3.07. The molecular formula is C28H25N3O2. The molecule has 0 bridgehead atoms. The number of ether oxygens (including phenoxy) is 1. The molecule has 3 aromatic carbocycles. The predicted octanol–water partition coefficient (Wildman–Crippen LogP) is 5.20. The topological polar surface area (TPSA) is 54.5 Å². The van der Waals surface area contributed by atoms with Gasteiger partial charge in [0.05, 0.1) is 12.6 Å². The van der Waals surface area contributed by atoms with Gasteiger partial charge in [-0.05, 0) is 52.6 Å². The van der Waals surface area contributed by atoms with Gasteiger partial charge in [0.15, 0.2) is 0 Å². The van der Waals surface area contributed by atoms with Crippen LogP contribution in [0.3, 0.4) is 0 Å². The van der Waals surface area contributed by atoms with E-state index in [0.717, 1.165) is 28.1 Å². The lowest BCUT2D eigenvalue weighted by Crippen LogP contribution is -2.33. The van der Waals surface area contributed by atoms with Crippen LogP contribution in [0.2, 0.25) is 0 Å². The number of nitrogens with one attached hydrogen (secondary N) is 1. The zero-order valence-electron chi connectivity index (χ0n) is 18.2. The number of para-hydroxylation sites is 1. The Morgan fingerprint density at radius 1 is 0.848 bits per heavy atom. The standard InChI is InChI=1S/C28H25N3O2/c32-27-19-31(18-21-10-12-24(13-11-21)33-20-22-14-16-29-17-15-22)28(23-6-2-1-3-7-23)25-8-4-5-9-26(25)30-27/h1-17,28H,18-20H2,(H,30,32). The van der Waals surface area contributed by atoms with Gasteiger partial charge in [0.1, 0.15) is 12.4 Å². The summed E-state index contributed by atoms with van der Waals surface area (Å²) in [5.74, 6) is 0.812. The highest BCUT2D eigenvalue weighted by molar-refractivity contribution is 5.94. The first-order chi connectivity index (χ1) is 16.3. The van der Waals surface area contributed by atoms with E-state index in [9.17, 15) is 4.79 Å². The third kappa shape index (κ3) is 4.94. The van der Waals surface area contributed by atoms with Crippen molar-refractivity contribution in [2.24, 2.45) is 0 Å². The first-order valence-corrected chi connectivity index (χ1v) is 11.0. The predicted molar refractivity (Wildman–Crippen MR) is 129 cm³/mol. The molecule has 1 aliphatic heterocycles. The van der Waals surface area contributed by atoms with E-state index >= 15 is 0 Å². The first kappa shape index (κ1) is 20.9. The van der Waals surface area contributed by atoms with Gasteiger partial charge in [0, 0.05) is 24.6 Å². The van der Waals surface area contributed by atoms with Crippen molar-refractivity contribution in [1.82, 2.24) is 9.88 Å². The van der Waals surface area contributed by atoms with E-state index in [-0.39, 0.29) is 11.9 Å². The maximum Gasteiger partial charge on any atom is 0.238 e. The molecule has 1 aromatic heterocycles. The first-order valence-electron chi connectivity index (χ1n) is 11.0. The van der Waals surface area contributed by atoms with E-state index in [1.165, 1.54) is 5.56 Å². The molecule has 164 valence electrons. The van der Waals surface area contributed by atoms with Crippen molar-refractivity contribution in [3.05, 3.63) is 126 Å². The summed E-state index contributed by atoms with van der Waals surface area (Å²) >= 11 is 0. The van der Waals surface area contributed by atoms with Crippen LogP contribution in [0.25, 0.3) is 0 Å². The number of hydrogen-bond donors (Lipinski definition) is 1. The van der Waals surface area contributed by atoms with Crippen LogP contribution >= 0.6 is 0 Å². The highest BCUT2D eigenvalue weighted by atomic mass is 16.5. The van der Waals surface area contributed by atoms with Gasteiger partial charge in [-0.15, -0.1) is 0 Å². The zero-order chi connectivity index (χ0) is 22.5. The molecule has 33 heavy (non-hydrogen) atoms. The summed E-state index contributed by atoms with van der Waals surface area (Å²) < 4.78 is 5.91. The van der Waals surface area contributed by atoms with Crippen LogP contribution < -0.4 is 10.1 Å². The minimum atomic E-state index is -0.0241. The molecule has 5 heteroatoms. The lowest BCUT2D eigenvalue weighted by Gasteiger charge is -2.30. The SMILES string of the molecule is O=C1CN(Cc2ccc(OCc3ccncc3)cc2)C(c2ccccc2)c2ccccc2N1. The molecular weight excluding hydrogens is 410 g/mol. The number of carbonyl (C=O) groups is 1. The number of aromatic nitrogens is 1. The van der Waals surface area contributed by atoms with Crippen molar-refractivity contribution in [2.45, 2.75) is 19.2 Å². The van der Waals surface area contributed by atoms with Crippen molar-refractivity contribution >= 4 is 11.6 Å². The smallest absolute Gasteiger partial charge is 0.238 e. The van der Waals surface area contributed by atoms with Gasteiger partial charge >= 0.3 is 0 Å². The van der Waals surface area contributed by atoms with Crippen LogP contribution in [0.5, 0.6) is 5.75 Å². The molecule has 4 aromatic rings. The van der Waals surface area contributed by atoms with E-state index in [1.54, 1.807) is 12.4 Å². The highest BCUT2D eigenvalue weighted by Crippen LogP contribution is 2.36. The average molecular weight is 436 g/mol. The van der Waals surface area contributed by atoms with Gasteiger partial charge in [-0.2, -0.15) is 0 Å². The maximum atomic E-state index is 12.7. The number of rotatable bonds is 6. The van der Waals surface area contributed by atoms with E-state index in [2.05, 4.69) is 45.5 Å². The van der Waals surface area contributed by atoms with E-state index in [0.29, 0.717) is 19.7 Å². The molecule has 0 aliphatic carbocycles. The third-order valence-corrected chi connectivity index (χ3v) is 5.82. The number of benzene rings is 3. The molecule has 5 rings (SSSR count). The number of amides is 1. The van der Waals surface area contributed by atoms with Gasteiger partial charge in [0.25, 0.3) is 0 Å². The van der Waals surface area contributed by atoms with E-state index < -0.39 is 0 Å². The summed E-state index contributed by atoms with van der Waals surface area (Å²) in [5.41, 5.74) is 5.35. The fourth-order valence-electron chi connectivity index (χ4n) is 4.26. The van der Waals surface area contributed by atoms with Gasteiger partial charge in [0.2, 0.25) is 5.91 Å². The highest BCUT2D eigenvalue weighted by Gasteiger charge is 2.29. The molecule has 1 unspecified atom stereocenters. The molecule has 0 spiro atoms. The summed E-state index contributed by atoms with van der Waals surface area (Å²) in [6.07, 6.45) is 3.53. The summed E-state index contributed by atoms with van der Waals surface area (Å²) in [4.78, 5) is 19.0. The zero-order valence-corrected chi connectivity index (χ0v) is 18.2. The number of fused-ring (bicyclic) bond motifs is 1. The number of carbonyl (C=O) groups excluding carboxylic acids is 1. The van der Waals surface area contributed by atoms with Crippen LogP contribution in [-0.4, -0.2) is 22.3 Å². The quantitative estimate of drug-likeness (QED) is 0.452. The molecule has 5 nitrogen and oxygen atoms in total. The Kier molecular flexibility index (Phi) is 6.13. The molecule has 2 heterocycles. The second-order valence-corrected chi connectivity index (χ2v) is 8.14. The second-order valence-electron chi connectivity index (χ2n) is 8.14. The Morgan fingerprint density at radius 3 is 2.36 bits per heavy atom. The lowest BCUT2D eigenvalue weighted by atomic mass is 9.95. The van der Waals surface area contributed by atoms with Crippen molar-refractivity contribution in [3.63, 3.8) is 0 Å². The lowest BCUT2D eigenvalue weighted by molar-refractivity contribution is -0.117. The normalized spacial score (nSPS) is 15.9. The van der Waals surface area contributed by atoms with E-state index in [1.807, 2.05) is 60.7 Å². The van der Waals surface area contributed by atoms with Crippen LogP contribution in [0, 0.1) is 0 Å². The summed E-state index contributed by atoms with van der Waals surface area (Å²) in [6.45, 7) is 1.46. The molecule has 1 N–H and O–H groups in total. The second kappa shape index (κ2) is 9.67. The summed E-state index contributed by atoms with van der Waals surface area (Å²) in [7, 11) is 0. The Balaban J connectivity index is 1.38. The molecule has 0 fully saturated rings. The summed E-state index contributed by atoms with van der Waals surface area (Å²) in [6, 6.07) is 30.4. The van der Waals surface area contributed by atoms with Gasteiger partial charge in [-0.25, -0.2) is 0 Å². The molecule has 0 saturated heterocycles. The maximum absolute atomic E-state index is 12.7. The number of hydrogen-bond acceptors (Lipinski definition) is 4. The number of anilines is 1. The minimum Gasteiger partial charge on any atom is -0.489 e. The van der Waals surface area contributed by atoms with Crippen LogP contribution in [-0.2, 0) is 17.9 Å². The fourth-order valence-corrected chi connectivity index (χ4v) is 4.26. The van der Waals surface area contributed by atoms with Crippen molar-refractivity contribution in [2.75, 3.05) is 11.9 Å². The Morgan fingerprint density at radius 2 is 1.58 bits per heavy atom. The number of nitrogens with zero attached hydrogens (tertiary/aromatic N) is 2. The monoisotopic (exact) mass is 435 g/mol. The molecule has 0 radical (unpaired) electrons.